The zero-order valence-corrected chi connectivity index (χ0v) is 13.3. The number of rotatable bonds is 3. The van der Waals surface area contributed by atoms with Gasteiger partial charge in [0.25, 0.3) is 0 Å². The average Bonchev–Trinajstić information content (AvgIpc) is 2.76. The third kappa shape index (κ3) is 2.57. The van der Waals surface area contributed by atoms with Crippen LogP contribution in [0.5, 0.6) is 0 Å². The van der Waals surface area contributed by atoms with Crippen LogP contribution in [-0.4, -0.2) is 46.8 Å². The van der Waals surface area contributed by atoms with Gasteiger partial charge < -0.3 is 24.3 Å². The van der Waals surface area contributed by atoms with Gasteiger partial charge in [-0.3, -0.25) is 0 Å². The molecule has 1 aliphatic rings. The van der Waals surface area contributed by atoms with Crippen molar-refractivity contribution in [2.75, 3.05) is 13.7 Å². The van der Waals surface area contributed by atoms with E-state index >= 15 is 0 Å². The van der Waals surface area contributed by atoms with E-state index in [1.165, 1.54) is 7.11 Å². The summed E-state index contributed by atoms with van der Waals surface area (Å²) in [7, 11) is 1.53. The average molecular weight is 321 g/mol. The first kappa shape index (κ1) is 15.6. The zero-order valence-electron chi connectivity index (χ0n) is 12.5. The molecule has 2 N–H and O–H groups in total. The molecule has 3 rings (SSSR count). The van der Waals surface area contributed by atoms with Crippen LogP contribution in [0.2, 0.25) is 0 Å². The summed E-state index contributed by atoms with van der Waals surface area (Å²) in [5.41, 5.74) is 1.16. The van der Waals surface area contributed by atoms with Gasteiger partial charge in [-0.25, -0.2) is 0 Å². The van der Waals surface area contributed by atoms with Gasteiger partial charge in [-0.2, -0.15) is 0 Å². The molecule has 1 saturated heterocycles. The number of nitrogens with zero attached hydrogens (tertiary/aromatic N) is 1. The van der Waals surface area contributed by atoms with E-state index in [4.69, 9.17) is 21.7 Å². The molecular formula is C16H19NO4S. The molecule has 0 saturated carbocycles. The molecule has 0 aliphatic carbocycles. The van der Waals surface area contributed by atoms with Crippen molar-refractivity contribution in [3.05, 3.63) is 40.7 Å². The molecule has 22 heavy (non-hydrogen) atoms. The second-order valence-electron chi connectivity index (χ2n) is 5.62. The van der Waals surface area contributed by atoms with Crippen LogP contribution in [-0.2, 0) is 9.47 Å². The second-order valence-corrected chi connectivity index (χ2v) is 6.01. The lowest BCUT2D eigenvalue weighted by molar-refractivity contribution is -0.0600. The van der Waals surface area contributed by atoms with Crippen molar-refractivity contribution >= 4 is 23.0 Å². The number of aromatic nitrogens is 1. The van der Waals surface area contributed by atoms with Crippen LogP contribution in [0, 0.1) is 11.6 Å². The number of methoxy groups -OCH3 is 1. The van der Waals surface area contributed by atoms with Crippen LogP contribution < -0.4 is 0 Å². The summed E-state index contributed by atoms with van der Waals surface area (Å²) >= 11 is 5.53. The topological polar surface area (TPSA) is 63.9 Å². The highest BCUT2D eigenvalue weighted by atomic mass is 32.1. The summed E-state index contributed by atoms with van der Waals surface area (Å²) < 4.78 is 13.0. The maximum Gasteiger partial charge on any atom is 0.163 e. The zero-order chi connectivity index (χ0) is 15.9. The summed E-state index contributed by atoms with van der Waals surface area (Å²) in [6.45, 7) is 2.24. The smallest absolute Gasteiger partial charge is 0.163 e. The fourth-order valence-electron chi connectivity index (χ4n) is 2.84. The normalized spacial score (nSPS) is 28.4. The number of benzene rings is 1. The standard InChI is InChI=1S/C16H19NO4S/c1-9-3-4-11-10(7-9)5-6-17(16(11)22)15-14(19)13(18)12(21-15)8-20-2/h3-7,12-15,18-19H,8H2,1-2H3. The summed E-state index contributed by atoms with van der Waals surface area (Å²) in [5, 5.41) is 22.3. The number of pyridine rings is 1. The van der Waals surface area contributed by atoms with Crippen molar-refractivity contribution < 1.29 is 19.7 Å². The highest BCUT2D eigenvalue weighted by Crippen LogP contribution is 2.31. The molecule has 1 aliphatic heterocycles. The van der Waals surface area contributed by atoms with Crippen LogP contribution in [0.25, 0.3) is 10.8 Å². The molecule has 1 fully saturated rings. The first-order chi connectivity index (χ1) is 10.5. The molecule has 0 radical (unpaired) electrons. The Morgan fingerprint density at radius 1 is 1.27 bits per heavy atom. The largest absolute Gasteiger partial charge is 0.387 e. The van der Waals surface area contributed by atoms with E-state index in [-0.39, 0.29) is 6.61 Å². The lowest BCUT2D eigenvalue weighted by Gasteiger charge is -2.19. The number of hydrogen-bond donors (Lipinski definition) is 2. The Bertz CT molecular complexity index is 744. The van der Waals surface area contributed by atoms with E-state index in [1.54, 1.807) is 10.8 Å². The molecule has 118 valence electrons. The molecule has 1 aromatic heterocycles. The van der Waals surface area contributed by atoms with Crippen LogP contribution in [0.3, 0.4) is 0 Å². The van der Waals surface area contributed by atoms with Crippen LogP contribution in [0.1, 0.15) is 11.8 Å². The molecular weight excluding hydrogens is 302 g/mol. The van der Waals surface area contributed by atoms with Crippen molar-refractivity contribution in [1.29, 1.82) is 0 Å². The van der Waals surface area contributed by atoms with Gasteiger partial charge >= 0.3 is 0 Å². The van der Waals surface area contributed by atoms with Gasteiger partial charge in [0.1, 0.15) is 23.0 Å². The summed E-state index contributed by atoms with van der Waals surface area (Å²) in [6, 6.07) is 7.96. The Kier molecular flexibility index (Phi) is 4.29. The molecule has 0 spiro atoms. The maximum absolute atomic E-state index is 10.3. The monoisotopic (exact) mass is 321 g/mol. The quantitative estimate of drug-likeness (QED) is 0.846. The second kappa shape index (κ2) is 6.06. The number of aryl methyl sites for hydroxylation is 1. The van der Waals surface area contributed by atoms with Crippen LogP contribution >= 0.6 is 12.2 Å². The van der Waals surface area contributed by atoms with Crippen LogP contribution in [0.15, 0.2) is 30.5 Å². The Morgan fingerprint density at radius 2 is 2.05 bits per heavy atom. The minimum atomic E-state index is -1.05. The Hall–Kier alpha value is -1.31. The van der Waals surface area contributed by atoms with E-state index in [1.807, 2.05) is 25.1 Å². The third-order valence-corrected chi connectivity index (χ3v) is 4.46. The summed E-state index contributed by atoms with van der Waals surface area (Å²) in [6.07, 6.45) is -1.54. The molecule has 4 atom stereocenters. The number of fused-ring (bicyclic) bond motifs is 1. The molecule has 5 nitrogen and oxygen atoms in total. The Labute approximate surface area is 133 Å². The van der Waals surface area contributed by atoms with Crippen molar-refractivity contribution in [2.45, 2.75) is 31.5 Å². The fourth-order valence-corrected chi connectivity index (χ4v) is 3.19. The lowest BCUT2D eigenvalue weighted by Crippen LogP contribution is -2.33. The van der Waals surface area contributed by atoms with Crippen molar-refractivity contribution in [3.8, 4) is 0 Å². The van der Waals surface area contributed by atoms with Gasteiger partial charge in [-0.1, -0.05) is 36.0 Å². The van der Waals surface area contributed by atoms with E-state index in [0.29, 0.717) is 4.64 Å². The minimum absolute atomic E-state index is 0.217. The number of ether oxygens (including phenoxy) is 2. The highest BCUT2D eigenvalue weighted by molar-refractivity contribution is 7.71. The molecule has 4 unspecified atom stereocenters. The molecule has 2 heterocycles. The number of aliphatic hydroxyl groups is 2. The van der Waals surface area contributed by atoms with E-state index in [2.05, 4.69) is 6.07 Å². The fraction of sp³-hybridized carbons (Fsp3) is 0.438. The van der Waals surface area contributed by atoms with Gasteiger partial charge in [0.05, 0.1) is 6.61 Å². The third-order valence-electron chi connectivity index (χ3n) is 4.03. The molecule has 6 heteroatoms. The molecule has 2 aromatic rings. The predicted molar refractivity (Wildman–Crippen MR) is 85.3 cm³/mol. The van der Waals surface area contributed by atoms with E-state index in [0.717, 1.165) is 16.3 Å². The van der Waals surface area contributed by atoms with Crippen molar-refractivity contribution in [3.63, 3.8) is 0 Å². The van der Waals surface area contributed by atoms with Crippen molar-refractivity contribution in [2.24, 2.45) is 0 Å². The summed E-state index contributed by atoms with van der Waals surface area (Å²) in [4.78, 5) is 0. The predicted octanol–water partition coefficient (Wildman–Crippen LogP) is 1.94. The Morgan fingerprint density at radius 3 is 2.77 bits per heavy atom. The van der Waals surface area contributed by atoms with Gasteiger partial charge in [-0.15, -0.1) is 0 Å². The highest BCUT2D eigenvalue weighted by Gasteiger charge is 2.43. The summed E-state index contributed by atoms with van der Waals surface area (Å²) in [5.74, 6) is 0. The van der Waals surface area contributed by atoms with E-state index < -0.39 is 24.5 Å². The Balaban J connectivity index is 2.02. The first-order valence-corrected chi connectivity index (χ1v) is 7.56. The van der Waals surface area contributed by atoms with Gasteiger partial charge in [0.15, 0.2) is 6.23 Å². The van der Waals surface area contributed by atoms with Crippen molar-refractivity contribution in [1.82, 2.24) is 4.57 Å². The maximum atomic E-state index is 10.3. The van der Waals surface area contributed by atoms with E-state index in [9.17, 15) is 10.2 Å². The molecule has 0 bridgehead atoms. The SMILES string of the molecule is COCC1OC(n2ccc3cc(C)ccc3c2=S)C(O)C1O. The molecule has 0 amide bonds. The van der Waals surface area contributed by atoms with Gasteiger partial charge in [0.2, 0.25) is 0 Å². The number of hydrogen-bond acceptors (Lipinski definition) is 5. The number of aliphatic hydroxyl groups excluding tert-OH is 2. The molecule has 1 aromatic carbocycles. The van der Waals surface area contributed by atoms with Gasteiger partial charge in [-0.05, 0) is 18.4 Å². The van der Waals surface area contributed by atoms with Gasteiger partial charge in [0, 0.05) is 18.7 Å². The lowest BCUT2D eigenvalue weighted by atomic mass is 10.1. The van der Waals surface area contributed by atoms with Crippen LogP contribution in [0.4, 0.5) is 0 Å². The minimum Gasteiger partial charge on any atom is -0.387 e. The first-order valence-electron chi connectivity index (χ1n) is 7.15.